The minimum absolute atomic E-state index is 0.0487. The molecule has 3 atom stereocenters. The van der Waals surface area contributed by atoms with E-state index in [4.69, 9.17) is 0 Å². The number of carbonyl (C=O) groups is 3. The van der Waals surface area contributed by atoms with Crippen molar-refractivity contribution in [3.63, 3.8) is 0 Å². The van der Waals surface area contributed by atoms with Crippen LogP contribution in [0.15, 0.2) is 60.7 Å². The zero-order valence-electron chi connectivity index (χ0n) is 17.9. The highest BCUT2D eigenvalue weighted by Crippen LogP contribution is 2.41. The molecule has 4 rings (SSSR count). The van der Waals surface area contributed by atoms with Crippen LogP contribution < -0.4 is 5.32 Å². The topological polar surface area (TPSA) is 69.7 Å². The third-order valence-corrected chi connectivity index (χ3v) is 6.44. The lowest BCUT2D eigenvalue weighted by Crippen LogP contribution is -2.51. The third-order valence-electron chi connectivity index (χ3n) is 6.44. The van der Waals surface area contributed by atoms with Crippen LogP contribution in [0.4, 0.5) is 5.69 Å². The second kappa shape index (κ2) is 9.33. The molecule has 0 bridgehead atoms. The Morgan fingerprint density at radius 3 is 2.32 bits per heavy atom. The Labute approximate surface area is 183 Å². The number of carbonyl (C=O) groups excluding carboxylic acids is 3. The van der Waals surface area contributed by atoms with E-state index in [-0.39, 0.29) is 30.3 Å². The maximum Gasteiger partial charge on any atom is 0.254 e. The number of benzene rings is 2. The predicted molar refractivity (Wildman–Crippen MR) is 119 cm³/mol. The van der Waals surface area contributed by atoms with Gasteiger partial charge in [0, 0.05) is 24.3 Å². The van der Waals surface area contributed by atoms with Crippen molar-refractivity contribution < 1.29 is 14.4 Å². The van der Waals surface area contributed by atoms with E-state index >= 15 is 0 Å². The molecule has 1 N–H and O–H groups in total. The zero-order valence-corrected chi connectivity index (χ0v) is 17.9. The van der Waals surface area contributed by atoms with Crippen LogP contribution in [-0.4, -0.2) is 53.2 Å². The molecule has 0 spiro atoms. The number of rotatable bonds is 5. The van der Waals surface area contributed by atoms with E-state index in [1.165, 1.54) is 4.90 Å². The summed E-state index contributed by atoms with van der Waals surface area (Å²) in [5.74, 6) is -0.155. The minimum Gasteiger partial charge on any atom is -0.335 e. The summed E-state index contributed by atoms with van der Waals surface area (Å²) in [6, 6.07) is 17.9. The maximum absolute atomic E-state index is 13.4. The number of likely N-dealkylation sites (N-methyl/N-ethyl adjacent to an activating group) is 1. The fourth-order valence-corrected chi connectivity index (χ4v) is 4.97. The van der Waals surface area contributed by atoms with Crippen LogP contribution in [0.2, 0.25) is 0 Å². The minimum atomic E-state index is -0.518. The van der Waals surface area contributed by atoms with Crippen LogP contribution in [0.5, 0.6) is 0 Å². The number of likely N-dealkylation sites (tertiary alicyclic amines) is 1. The van der Waals surface area contributed by atoms with E-state index in [0.717, 1.165) is 25.7 Å². The van der Waals surface area contributed by atoms with Gasteiger partial charge in [-0.15, -0.1) is 0 Å². The molecule has 3 unspecified atom stereocenters. The monoisotopic (exact) mass is 419 g/mol. The second-order valence-electron chi connectivity index (χ2n) is 8.55. The molecule has 0 aromatic heterocycles. The van der Waals surface area contributed by atoms with Gasteiger partial charge in [-0.3, -0.25) is 14.4 Å². The molecule has 1 saturated heterocycles. The Hall–Kier alpha value is -3.15. The Morgan fingerprint density at radius 1 is 0.968 bits per heavy atom. The lowest BCUT2D eigenvalue weighted by Gasteiger charge is -2.34. The van der Waals surface area contributed by atoms with Gasteiger partial charge in [-0.2, -0.15) is 0 Å². The number of nitrogens with one attached hydrogen (secondary N) is 1. The van der Waals surface area contributed by atoms with Gasteiger partial charge in [0.15, 0.2) is 0 Å². The van der Waals surface area contributed by atoms with Gasteiger partial charge in [-0.1, -0.05) is 49.2 Å². The van der Waals surface area contributed by atoms with Gasteiger partial charge >= 0.3 is 0 Å². The fourth-order valence-electron chi connectivity index (χ4n) is 4.97. The van der Waals surface area contributed by atoms with E-state index in [2.05, 4.69) is 5.32 Å². The SMILES string of the molecule is CN(CC(=O)Nc1ccccc1)C(=O)C1CC2CCCCC2N1C(=O)c1ccccc1. The lowest BCUT2D eigenvalue weighted by atomic mass is 9.84. The molecule has 3 amide bonds. The van der Waals surface area contributed by atoms with Crippen LogP contribution >= 0.6 is 0 Å². The van der Waals surface area contributed by atoms with Crippen molar-refractivity contribution in [2.75, 3.05) is 18.9 Å². The molecular weight excluding hydrogens is 390 g/mol. The van der Waals surface area contributed by atoms with Crippen LogP contribution in [0.25, 0.3) is 0 Å². The predicted octanol–water partition coefficient (Wildman–Crippen LogP) is 3.56. The Kier molecular flexibility index (Phi) is 6.35. The molecule has 2 fully saturated rings. The highest BCUT2D eigenvalue weighted by molar-refractivity contribution is 5.99. The molecule has 1 aliphatic carbocycles. The molecule has 162 valence electrons. The number of anilines is 1. The van der Waals surface area contributed by atoms with Crippen molar-refractivity contribution in [2.45, 2.75) is 44.2 Å². The van der Waals surface area contributed by atoms with Gasteiger partial charge < -0.3 is 15.1 Å². The summed E-state index contributed by atoms with van der Waals surface area (Å²) in [6.45, 7) is -0.0487. The normalized spacial score (nSPS) is 22.5. The molecule has 2 aliphatic rings. The molecule has 6 heteroatoms. The second-order valence-corrected chi connectivity index (χ2v) is 8.55. The molecule has 0 radical (unpaired) electrons. The van der Waals surface area contributed by atoms with E-state index in [9.17, 15) is 14.4 Å². The van der Waals surface area contributed by atoms with E-state index in [1.54, 1.807) is 19.2 Å². The number of amides is 3. The summed E-state index contributed by atoms with van der Waals surface area (Å²) in [4.78, 5) is 42.5. The first-order chi connectivity index (χ1) is 15.0. The molecule has 31 heavy (non-hydrogen) atoms. The number of hydrogen-bond donors (Lipinski definition) is 1. The van der Waals surface area contributed by atoms with E-state index in [1.807, 2.05) is 53.4 Å². The molecule has 6 nitrogen and oxygen atoms in total. The standard InChI is InChI=1S/C25H29N3O3/c1-27(17-23(29)26-20-13-6-3-7-14-20)25(31)22-16-19-12-8-9-15-21(19)28(22)24(30)18-10-4-2-5-11-18/h2-7,10-11,13-14,19,21-22H,8-9,12,15-17H2,1H3,(H,26,29). The number of fused-ring (bicyclic) bond motifs is 1. The van der Waals surface area contributed by atoms with Crippen molar-refractivity contribution in [3.8, 4) is 0 Å². The molecule has 2 aromatic rings. The molecular formula is C25H29N3O3. The Balaban J connectivity index is 1.49. The number of para-hydroxylation sites is 1. The Morgan fingerprint density at radius 2 is 1.61 bits per heavy atom. The average molecular weight is 420 g/mol. The highest BCUT2D eigenvalue weighted by Gasteiger charge is 2.48. The smallest absolute Gasteiger partial charge is 0.254 e. The highest BCUT2D eigenvalue weighted by atomic mass is 16.2. The van der Waals surface area contributed by atoms with Crippen LogP contribution in [0, 0.1) is 5.92 Å². The van der Waals surface area contributed by atoms with Crippen LogP contribution in [0.3, 0.4) is 0 Å². The lowest BCUT2D eigenvalue weighted by molar-refractivity contribution is -0.137. The quantitative estimate of drug-likeness (QED) is 0.806. The van der Waals surface area contributed by atoms with Crippen molar-refractivity contribution in [2.24, 2.45) is 5.92 Å². The summed E-state index contributed by atoms with van der Waals surface area (Å²) in [7, 11) is 1.64. The fraction of sp³-hybridized carbons (Fsp3) is 0.400. The van der Waals surface area contributed by atoms with Crippen LogP contribution in [0.1, 0.15) is 42.5 Å². The van der Waals surface area contributed by atoms with Gasteiger partial charge in [0.25, 0.3) is 5.91 Å². The largest absolute Gasteiger partial charge is 0.335 e. The van der Waals surface area contributed by atoms with E-state index in [0.29, 0.717) is 23.6 Å². The first-order valence-electron chi connectivity index (χ1n) is 11.0. The summed E-state index contributed by atoms with van der Waals surface area (Å²) in [6.07, 6.45) is 4.88. The van der Waals surface area contributed by atoms with Crippen LogP contribution in [-0.2, 0) is 9.59 Å². The summed E-state index contributed by atoms with van der Waals surface area (Å²) in [5.41, 5.74) is 1.30. The first-order valence-corrected chi connectivity index (χ1v) is 11.0. The van der Waals surface area contributed by atoms with Gasteiger partial charge in [0.2, 0.25) is 11.8 Å². The molecule has 1 saturated carbocycles. The molecule has 1 heterocycles. The van der Waals surface area contributed by atoms with Crippen molar-refractivity contribution in [1.82, 2.24) is 9.80 Å². The van der Waals surface area contributed by atoms with Gasteiger partial charge in [0.05, 0.1) is 6.54 Å². The maximum atomic E-state index is 13.4. The summed E-state index contributed by atoms with van der Waals surface area (Å²) in [5, 5.41) is 2.81. The Bertz CT molecular complexity index is 932. The van der Waals surface area contributed by atoms with Crippen molar-refractivity contribution in [3.05, 3.63) is 66.2 Å². The third kappa shape index (κ3) is 4.63. The van der Waals surface area contributed by atoms with Crippen molar-refractivity contribution in [1.29, 1.82) is 0 Å². The van der Waals surface area contributed by atoms with Gasteiger partial charge in [-0.05, 0) is 49.4 Å². The number of hydrogen-bond acceptors (Lipinski definition) is 3. The molecule has 2 aromatic carbocycles. The van der Waals surface area contributed by atoms with Crippen molar-refractivity contribution >= 4 is 23.4 Å². The average Bonchev–Trinajstić information content (AvgIpc) is 3.18. The molecule has 1 aliphatic heterocycles. The zero-order chi connectivity index (χ0) is 21.8. The first kappa shape index (κ1) is 21.1. The van der Waals surface area contributed by atoms with Gasteiger partial charge in [-0.25, -0.2) is 0 Å². The van der Waals surface area contributed by atoms with Gasteiger partial charge in [0.1, 0.15) is 6.04 Å². The summed E-state index contributed by atoms with van der Waals surface area (Å²) >= 11 is 0. The van der Waals surface area contributed by atoms with E-state index < -0.39 is 6.04 Å². The number of nitrogens with zero attached hydrogens (tertiary/aromatic N) is 2. The summed E-state index contributed by atoms with van der Waals surface area (Å²) < 4.78 is 0.